The summed E-state index contributed by atoms with van der Waals surface area (Å²) in [6.45, 7) is 1.66. The molecular formula is C13H11N3O5. The molecule has 0 saturated carbocycles. The quantitative estimate of drug-likeness (QED) is 0.449. The lowest BCUT2D eigenvalue weighted by Crippen LogP contribution is -2.21. The van der Waals surface area contributed by atoms with E-state index in [4.69, 9.17) is 0 Å². The van der Waals surface area contributed by atoms with E-state index in [1.165, 1.54) is 12.3 Å². The van der Waals surface area contributed by atoms with Gasteiger partial charge in [-0.25, -0.2) is 0 Å². The van der Waals surface area contributed by atoms with Crippen LogP contribution in [-0.2, 0) is 0 Å². The first-order valence-corrected chi connectivity index (χ1v) is 5.86. The van der Waals surface area contributed by atoms with Gasteiger partial charge < -0.3 is 15.4 Å². The highest BCUT2D eigenvalue weighted by Crippen LogP contribution is 2.27. The Morgan fingerprint density at radius 1 is 1.38 bits per heavy atom. The number of phenolic OH excluding ortho intramolecular Hbond substituents is 1. The van der Waals surface area contributed by atoms with Crippen molar-refractivity contribution in [1.82, 2.24) is 4.98 Å². The number of aromatic nitrogens is 1. The van der Waals surface area contributed by atoms with Gasteiger partial charge in [-0.1, -0.05) is 0 Å². The van der Waals surface area contributed by atoms with E-state index in [-0.39, 0.29) is 22.7 Å². The van der Waals surface area contributed by atoms with Crippen molar-refractivity contribution in [3.63, 3.8) is 0 Å². The number of H-pyrrole nitrogens is 1. The minimum absolute atomic E-state index is 0.144. The Labute approximate surface area is 118 Å². The third kappa shape index (κ3) is 3.06. The second-order valence-corrected chi connectivity index (χ2v) is 4.31. The van der Waals surface area contributed by atoms with Crippen LogP contribution in [0, 0.1) is 17.0 Å². The molecule has 0 bridgehead atoms. The van der Waals surface area contributed by atoms with E-state index >= 15 is 0 Å². The van der Waals surface area contributed by atoms with E-state index in [0.717, 1.165) is 18.2 Å². The number of aromatic hydroxyl groups is 1. The smallest absolute Gasteiger partial charge is 0.271 e. The van der Waals surface area contributed by atoms with Gasteiger partial charge in [-0.3, -0.25) is 19.7 Å². The molecule has 2 rings (SSSR count). The Balaban J connectivity index is 2.33. The Hall–Kier alpha value is -3.16. The van der Waals surface area contributed by atoms with E-state index in [0.29, 0.717) is 5.69 Å². The number of anilines is 1. The van der Waals surface area contributed by atoms with Crippen LogP contribution < -0.4 is 10.7 Å². The molecule has 0 atom stereocenters. The summed E-state index contributed by atoms with van der Waals surface area (Å²) in [7, 11) is 0. The van der Waals surface area contributed by atoms with E-state index in [1.54, 1.807) is 6.92 Å². The Bertz CT molecular complexity index is 782. The van der Waals surface area contributed by atoms with Crippen LogP contribution in [-0.4, -0.2) is 20.9 Å². The first kappa shape index (κ1) is 14.3. The minimum Gasteiger partial charge on any atom is -0.506 e. The number of nitrogens with one attached hydrogen (secondary N) is 2. The first-order chi connectivity index (χ1) is 9.88. The van der Waals surface area contributed by atoms with Crippen LogP contribution in [0.2, 0.25) is 0 Å². The van der Waals surface area contributed by atoms with Gasteiger partial charge in [0.1, 0.15) is 11.3 Å². The average Bonchev–Trinajstić information content (AvgIpc) is 2.40. The zero-order valence-electron chi connectivity index (χ0n) is 10.9. The molecule has 0 radical (unpaired) electrons. The number of carbonyl (C=O) groups excluding carboxylic acids is 1. The number of benzene rings is 1. The summed E-state index contributed by atoms with van der Waals surface area (Å²) in [5, 5.41) is 22.5. The molecule has 1 amide bonds. The van der Waals surface area contributed by atoms with Gasteiger partial charge in [-0.05, 0) is 13.0 Å². The van der Waals surface area contributed by atoms with E-state index in [1.807, 2.05) is 0 Å². The normalized spacial score (nSPS) is 10.1. The largest absolute Gasteiger partial charge is 0.506 e. The number of nitro groups is 1. The molecule has 1 aromatic heterocycles. The number of nitrogens with zero attached hydrogens (tertiary/aromatic N) is 1. The number of aryl methyl sites for hydroxylation is 1. The predicted molar refractivity (Wildman–Crippen MR) is 74.5 cm³/mol. The molecule has 21 heavy (non-hydrogen) atoms. The summed E-state index contributed by atoms with van der Waals surface area (Å²) in [5.74, 6) is -1.11. The maximum absolute atomic E-state index is 12.0. The standard InChI is InChI=1S/C13H11N3O5/c1-7-4-12(18)9(6-14-7)13(19)15-10-5-8(16(20)21)2-3-11(10)17/h2-6,17H,1H3,(H,14,18)(H,15,19). The fraction of sp³-hybridized carbons (Fsp3) is 0.0769. The molecule has 8 nitrogen and oxygen atoms in total. The highest BCUT2D eigenvalue weighted by Gasteiger charge is 2.15. The number of amides is 1. The Morgan fingerprint density at radius 2 is 2.10 bits per heavy atom. The van der Waals surface area contributed by atoms with Gasteiger partial charge in [-0.2, -0.15) is 0 Å². The van der Waals surface area contributed by atoms with Gasteiger partial charge in [0.15, 0.2) is 5.43 Å². The van der Waals surface area contributed by atoms with Crippen LogP contribution in [0.4, 0.5) is 11.4 Å². The van der Waals surface area contributed by atoms with Gasteiger partial charge in [0.05, 0.1) is 10.6 Å². The molecule has 0 unspecified atom stereocenters. The summed E-state index contributed by atoms with van der Waals surface area (Å²) in [6, 6.07) is 4.45. The maximum Gasteiger partial charge on any atom is 0.271 e. The minimum atomic E-state index is -0.771. The number of rotatable bonds is 3. The molecule has 1 aromatic carbocycles. The first-order valence-electron chi connectivity index (χ1n) is 5.86. The molecule has 0 aliphatic rings. The van der Waals surface area contributed by atoms with Crippen LogP contribution in [0.3, 0.4) is 0 Å². The van der Waals surface area contributed by atoms with Crippen molar-refractivity contribution in [2.45, 2.75) is 6.92 Å². The number of aromatic amines is 1. The molecule has 8 heteroatoms. The SMILES string of the molecule is Cc1cc(=O)c(C(=O)Nc2cc([N+](=O)[O-])ccc2O)c[nH]1. The summed E-state index contributed by atoms with van der Waals surface area (Å²) in [6.07, 6.45) is 1.24. The molecule has 0 saturated heterocycles. The molecular weight excluding hydrogens is 278 g/mol. The second kappa shape index (κ2) is 5.45. The summed E-state index contributed by atoms with van der Waals surface area (Å²) >= 11 is 0. The third-order valence-corrected chi connectivity index (χ3v) is 2.74. The van der Waals surface area contributed by atoms with Gasteiger partial charge in [0.2, 0.25) is 0 Å². The third-order valence-electron chi connectivity index (χ3n) is 2.74. The molecule has 3 N–H and O–H groups in total. The van der Waals surface area contributed by atoms with Crippen LogP contribution in [0.5, 0.6) is 5.75 Å². The number of phenols is 1. The number of hydrogen-bond acceptors (Lipinski definition) is 5. The van der Waals surface area contributed by atoms with Crippen molar-refractivity contribution in [2.75, 3.05) is 5.32 Å². The van der Waals surface area contributed by atoms with Crippen molar-refractivity contribution in [3.05, 3.63) is 62.1 Å². The summed E-state index contributed by atoms with van der Waals surface area (Å²) in [5.41, 5.74) is -0.495. The molecule has 1 heterocycles. The van der Waals surface area contributed by atoms with Crippen molar-refractivity contribution >= 4 is 17.3 Å². The fourth-order valence-corrected chi connectivity index (χ4v) is 1.68. The van der Waals surface area contributed by atoms with Gasteiger partial charge in [0, 0.05) is 30.1 Å². The molecule has 0 spiro atoms. The van der Waals surface area contributed by atoms with Gasteiger partial charge >= 0.3 is 0 Å². The number of non-ortho nitro benzene ring substituents is 1. The van der Waals surface area contributed by atoms with Gasteiger partial charge in [-0.15, -0.1) is 0 Å². The van der Waals surface area contributed by atoms with E-state index in [9.17, 15) is 24.8 Å². The Morgan fingerprint density at radius 3 is 2.71 bits per heavy atom. The number of nitro benzene ring substituents is 1. The van der Waals surface area contributed by atoms with Gasteiger partial charge in [0.25, 0.3) is 11.6 Å². The maximum atomic E-state index is 12.0. The van der Waals surface area contributed by atoms with Crippen molar-refractivity contribution in [2.24, 2.45) is 0 Å². The monoisotopic (exact) mass is 289 g/mol. The summed E-state index contributed by atoms with van der Waals surface area (Å²) in [4.78, 5) is 36.4. The lowest BCUT2D eigenvalue weighted by Gasteiger charge is -2.07. The second-order valence-electron chi connectivity index (χ2n) is 4.31. The Kier molecular flexibility index (Phi) is 3.70. The van der Waals surface area contributed by atoms with Crippen LogP contribution in [0.25, 0.3) is 0 Å². The molecule has 108 valence electrons. The highest BCUT2D eigenvalue weighted by atomic mass is 16.6. The number of hydrogen-bond donors (Lipinski definition) is 3. The van der Waals surface area contributed by atoms with Crippen LogP contribution >= 0.6 is 0 Å². The predicted octanol–water partition coefficient (Wildman–Crippen LogP) is 1.55. The van der Waals surface area contributed by atoms with Crippen molar-refractivity contribution in [1.29, 1.82) is 0 Å². The molecule has 2 aromatic rings. The lowest BCUT2D eigenvalue weighted by atomic mass is 10.2. The fourth-order valence-electron chi connectivity index (χ4n) is 1.68. The molecule has 0 aliphatic heterocycles. The average molecular weight is 289 g/mol. The number of carbonyl (C=O) groups is 1. The van der Waals surface area contributed by atoms with Crippen LogP contribution in [0.1, 0.15) is 16.1 Å². The van der Waals surface area contributed by atoms with Crippen molar-refractivity contribution in [3.8, 4) is 5.75 Å². The zero-order chi connectivity index (χ0) is 15.6. The number of pyridine rings is 1. The van der Waals surface area contributed by atoms with Crippen LogP contribution in [0.15, 0.2) is 35.3 Å². The lowest BCUT2D eigenvalue weighted by molar-refractivity contribution is -0.384. The van der Waals surface area contributed by atoms with E-state index in [2.05, 4.69) is 10.3 Å². The van der Waals surface area contributed by atoms with E-state index < -0.39 is 16.3 Å². The zero-order valence-corrected chi connectivity index (χ0v) is 10.9. The highest BCUT2D eigenvalue weighted by molar-refractivity contribution is 6.04. The van der Waals surface area contributed by atoms with Crippen molar-refractivity contribution < 1.29 is 14.8 Å². The molecule has 0 aliphatic carbocycles. The topological polar surface area (TPSA) is 125 Å². The summed E-state index contributed by atoms with van der Waals surface area (Å²) < 4.78 is 0. The molecule has 0 fully saturated rings.